The number of rotatable bonds is 7. The van der Waals surface area contributed by atoms with E-state index in [-0.39, 0.29) is 48.6 Å². The van der Waals surface area contributed by atoms with Crippen molar-refractivity contribution in [3.63, 3.8) is 0 Å². The Morgan fingerprint density at radius 2 is 1.59 bits per heavy atom. The van der Waals surface area contributed by atoms with Crippen LogP contribution in [0, 0.1) is 11.8 Å². The molecule has 0 unspecified atom stereocenters. The molecule has 156 valence electrons. The number of nitrogens with zero attached hydrogens (tertiary/aromatic N) is 2. The van der Waals surface area contributed by atoms with Gasteiger partial charge in [-0.25, -0.2) is 0 Å². The van der Waals surface area contributed by atoms with Gasteiger partial charge in [0, 0.05) is 19.5 Å². The SMILES string of the molecule is O=C(CCN1C(=O)[C@H]2CCCC[C@@H]2C1=O)NC[C@@H](c1ccccc1)N1CCCC1. The molecule has 2 heterocycles. The molecule has 1 saturated carbocycles. The second-order valence-corrected chi connectivity index (χ2v) is 8.55. The van der Waals surface area contributed by atoms with E-state index in [9.17, 15) is 14.4 Å². The zero-order valence-electron chi connectivity index (χ0n) is 17.0. The summed E-state index contributed by atoms with van der Waals surface area (Å²) in [5.41, 5.74) is 1.21. The van der Waals surface area contributed by atoms with Crippen LogP contribution in [0.25, 0.3) is 0 Å². The Labute approximate surface area is 172 Å². The highest BCUT2D eigenvalue weighted by molar-refractivity contribution is 6.05. The molecule has 4 rings (SSSR count). The summed E-state index contributed by atoms with van der Waals surface area (Å²) in [6.45, 7) is 2.86. The molecule has 2 saturated heterocycles. The average Bonchev–Trinajstić information content (AvgIpc) is 3.36. The molecule has 6 nitrogen and oxygen atoms in total. The van der Waals surface area contributed by atoms with Crippen LogP contribution in [0.3, 0.4) is 0 Å². The molecule has 0 spiro atoms. The van der Waals surface area contributed by atoms with Crippen molar-refractivity contribution in [2.24, 2.45) is 11.8 Å². The van der Waals surface area contributed by atoms with Gasteiger partial charge in [0.15, 0.2) is 0 Å². The van der Waals surface area contributed by atoms with E-state index in [4.69, 9.17) is 0 Å². The summed E-state index contributed by atoms with van der Waals surface area (Å²) in [6.07, 6.45) is 6.23. The zero-order valence-corrected chi connectivity index (χ0v) is 17.0. The second-order valence-electron chi connectivity index (χ2n) is 8.55. The monoisotopic (exact) mass is 397 g/mol. The maximum Gasteiger partial charge on any atom is 0.233 e. The van der Waals surface area contributed by atoms with E-state index >= 15 is 0 Å². The van der Waals surface area contributed by atoms with E-state index in [0.29, 0.717) is 6.54 Å². The molecular weight excluding hydrogens is 366 g/mol. The van der Waals surface area contributed by atoms with Gasteiger partial charge in [-0.2, -0.15) is 0 Å². The van der Waals surface area contributed by atoms with Crippen molar-refractivity contribution in [3.8, 4) is 0 Å². The fourth-order valence-corrected chi connectivity index (χ4v) is 5.15. The second kappa shape index (κ2) is 9.08. The lowest BCUT2D eigenvalue weighted by Gasteiger charge is -2.28. The predicted molar refractivity (Wildman–Crippen MR) is 110 cm³/mol. The molecule has 1 N–H and O–H groups in total. The van der Waals surface area contributed by atoms with Crippen LogP contribution in [0.2, 0.25) is 0 Å². The lowest BCUT2D eigenvalue weighted by atomic mass is 9.81. The smallest absolute Gasteiger partial charge is 0.233 e. The third kappa shape index (κ3) is 4.37. The first-order chi connectivity index (χ1) is 14.1. The van der Waals surface area contributed by atoms with Gasteiger partial charge >= 0.3 is 0 Å². The molecule has 0 aromatic heterocycles. The first-order valence-electron chi connectivity index (χ1n) is 11.1. The third-order valence-corrected chi connectivity index (χ3v) is 6.75. The highest BCUT2D eigenvalue weighted by Crippen LogP contribution is 2.38. The van der Waals surface area contributed by atoms with Gasteiger partial charge in [0.25, 0.3) is 0 Å². The number of imide groups is 1. The number of likely N-dealkylation sites (tertiary alicyclic amines) is 2. The molecule has 3 aliphatic rings. The number of carbonyl (C=O) groups is 3. The van der Waals surface area contributed by atoms with Crippen LogP contribution in [-0.2, 0) is 14.4 Å². The van der Waals surface area contributed by atoms with Crippen LogP contribution < -0.4 is 5.32 Å². The van der Waals surface area contributed by atoms with E-state index in [0.717, 1.165) is 38.8 Å². The normalized spacial score (nSPS) is 25.9. The number of nitrogens with one attached hydrogen (secondary N) is 1. The first-order valence-corrected chi connectivity index (χ1v) is 11.1. The van der Waals surface area contributed by atoms with E-state index < -0.39 is 0 Å². The molecule has 1 aromatic carbocycles. The van der Waals surface area contributed by atoms with Crippen molar-refractivity contribution in [2.75, 3.05) is 26.2 Å². The Balaban J connectivity index is 1.31. The lowest BCUT2D eigenvalue weighted by Crippen LogP contribution is -2.39. The van der Waals surface area contributed by atoms with Crippen molar-refractivity contribution in [3.05, 3.63) is 35.9 Å². The number of amides is 3. The van der Waals surface area contributed by atoms with Crippen molar-refractivity contribution in [1.29, 1.82) is 0 Å². The van der Waals surface area contributed by atoms with Crippen LogP contribution in [0.1, 0.15) is 56.6 Å². The van der Waals surface area contributed by atoms with E-state index in [2.05, 4.69) is 22.3 Å². The Hall–Kier alpha value is -2.21. The van der Waals surface area contributed by atoms with Crippen molar-refractivity contribution in [1.82, 2.24) is 15.1 Å². The maximum absolute atomic E-state index is 12.6. The van der Waals surface area contributed by atoms with Crippen LogP contribution >= 0.6 is 0 Å². The third-order valence-electron chi connectivity index (χ3n) is 6.75. The summed E-state index contributed by atoms with van der Waals surface area (Å²) in [7, 11) is 0. The molecule has 3 amide bonds. The molecule has 1 aromatic rings. The van der Waals surface area contributed by atoms with E-state index in [1.807, 2.05) is 18.2 Å². The van der Waals surface area contributed by atoms with Crippen LogP contribution in [0.15, 0.2) is 30.3 Å². The van der Waals surface area contributed by atoms with E-state index in [1.165, 1.54) is 23.3 Å². The molecule has 29 heavy (non-hydrogen) atoms. The van der Waals surface area contributed by atoms with Gasteiger partial charge in [0.1, 0.15) is 0 Å². The molecule has 3 atom stereocenters. The quantitative estimate of drug-likeness (QED) is 0.718. The Morgan fingerprint density at radius 1 is 0.966 bits per heavy atom. The van der Waals surface area contributed by atoms with Gasteiger partial charge in [-0.15, -0.1) is 0 Å². The first kappa shape index (κ1) is 20.1. The maximum atomic E-state index is 12.6. The Bertz CT molecular complexity index is 721. The molecule has 0 bridgehead atoms. The molecule has 3 fully saturated rings. The number of carbonyl (C=O) groups excluding carboxylic acids is 3. The van der Waals surface area contributed by atoms with Crippen LogP contribution in [0.5, 0.6) is 0 Å². The Kier molecular flexibility index (Phi) is 6.28. The van der Waals surface area contributed by atoms with Crippen LogP contribution in [0.4, 0.5) is 0 Å². The minimum absolute atomic E-state index is 0.0632. The molecule has 2 aliphatic heterocycles. The zero-order chi connectivity index (χ0) is 20.2. The van der Waals surface area contributed by atoms with E-state index in [1.54, 1.807) is 0 Å². The predicted octanol–water partition coefficient (Wildman–Crippen LogP) is 2.50. The van der Waals surface area contributed by atoms with Crippen molar-refractivity contribution < 1.29 is 14.4 Å². The number of fused-ring (bicyclic) bond motifs is 1. The van der Waals surface area contributed by atoms with Gasteiger partial charge in [0.05, 0.1) is 17.9 Å². The minimum Gasteiger partial charge on any atom is -0.354 e. The van der Waals surface area contributed by atoms with Gasteiger partial charge in [-0.05, 0) is 44.3 Å². The van der Waals surface area contributed by atoms with Gasteiger partial charge in [-0.3, -0.25) is 24.2 Å². The summed E-state index contributed by atoms with van der Waals surface area (Å²) >= 11 is 0. The minimum atomic E-state index is -0.142. The average molecular weight is 398 g/mol. The summed E-state index contributed by atoms with van der Waals surface area (Å²) in [4.78, 5) is 41.4. The summed E-state index contributed by atoms with van der Waals surface area (Å²) in [5.74, 6) is -0.507. The fourth-order valence-electron chi connectivity index (χ4n) is 5.15. The summed E-state index contributed by atoms with van der Waals surface area (Å²) in [6, 6.07) is 10.5. The fraction of sp³-hybridized carbons (Fsp3) is 0.609. The number of hydrogen-bond acceptors (Lipinski definition) is 4. The van der Waals surface area contributed by atoms with Crippen LogP contribution in [-0.4, -0.2) is 53.7 Å². The van der Waals surface area contributed by atoms with Gasteiger partial charge in [0.2, 0.25) is 17.7 Å². The summed E-state index contributed by atoms with van der Waals surface area (Å²) < 4.78 is 0. The van der Waals surface area contributed by atoms with Gasteiger partial charge in [-0.1, -0.05) is 43.2 Å². The number of benzene rings is 1. The number of hydrogen-bond donors (Lipinski definition) is 1. The topological polar surface area (TPSA) is 69.7 Å². The molecular formula is C23H31N3O3. The summed E-state index contributed by atoms with van der Waals surface area (Å²) in [5, 5.41) is 3.04. The largest absolute Gasteiger partial charge is 0.354 e. The Morgan fingerprint density at radius 3 is 2.21 bits per heavy atom. The molecule has 6 heteroatoms. The van der Waals surface area contributed by atoms with Gasteiger partial charge < -0.3 is 5.32 Å². The lowest BCUT2D eigenvalue weighted by molar-refractivity contribution is -0.140. The standard InChI is InChI=1S/C23H31N3O3/c27-21(12-15-26-22(28)18-10-4-5-11-19(18)23(26)29)24-16-20(25-13-6-7-14-25)17-8-2-1-3-9-17/h1-3,8-9,18-20H,4-7,10-16H2,(H,24,27)/t18-,19-,20-/m0/s1. The highest BCUT2D eigenvalue weighted by atomic mass is 16.2. The van der Waals surface area contributed by atoms with Crippen molar-refractivity contribution in [2.45, 2.75) is 51.0 Å². The molecule has 0 radical (unpaired) electrons. The van der Waals surface area contributed by atoms with Crippen molar-refractivity contribution >= 4 is 17.7 Å². The highest BCUT2D eigenvalue weighted by Gasteiger charge is 2.47. The molecule has 1 aliphatic carbocycles.